The van der Waals surface area contributed by atoms with E-state index < -0.39 is 0 Å². The van der Waals surface area contributed by atoms with Crippen LogP contribution in [0.2, 0.25) is 0 Å². The topological polar surface area (TPSA) is 60.1 Å². The molecule has 1 saturated heterocycles. The normalized spacial score (nSPS) is 18.2. The fourth-order valence-corrected chi connectivity index (χ4v) is 5.11. The average molecular weight is 622 g/mol. The first-order chi connectivity index (χ1) is 18.8. The second-order valence-corrected chi connectivity index (χ2v) is 12.9. The Kier molecular flexibility index (Phi) is 36.8. The molecule has 1 atom stereocenters. The van der Waals surface area contributed by atoms with E-state index in [4.69, 9.17) is 20.2 Å². The molecule has 8 heteroatoms. The van der Waals surface area contributed by atoms with Crippen LogP contribution in [-0.2, 0) is 13.1 Å². The monoisotopic (exact) mass is 620 g/mol. The zero-order chi connectivity index (χ0) is 27.6. The molecule has 0 amide bonds. The van der Waals surface area contributed by atoms with Crippen molar-refractivity contribution in [2.75, 3.05) is 58.9 Å². The van der Waals surface area contributed by atoms with Gasteiger partial charge in [0.25, 0.3) is 0 Å². The van der Waals surface area contributed by atoms with E-state index in [-0.39, 0.29) is 13.1 Å². The van der Waals surface area contributed by atoms with E-state index in [0.717, 1.165) is 58.9 Å². The van der Waals surface area contributed by atoms with Crippen molar-refractivity contribution in [3.05, 3.63) is 0 Å². The quantitative estimate of drug-likeness (QED) is 0.0786. The number of hydrogen-bond acceptors (Lipinski definition) is 5. The summed E-state index contributed by atoms with van der Waals surface area (Å²) in [5.74, 6) is 0. The predicted molar refractivity (Wildman–Crippen MR) is 168 cm³/mol. The third-order valence-electron chi connectivity index (χ3n) is 7.47. The van der Waals surface area contributed by atoms with Crippen LogP contribution in [0.1, 0.15) is 129 Å². The molecule has 0 aliphatic carbocycles. The molecule has 1 heterocycles. The summed E-state index contributed by atoms with van der Waals surface area (Å²) in [5, 5.41) is 17.9. The molecule has 1 unspecified atom stereocenters. The number of unbranched alkanes of at least 4 members (excludes halogenated alkanes) is 17. The van der Waals surface area contributed by atoms with E-state index in [1.54, 1.807) is 0 Å². The maximum atomic E-state index is 4.80. The summed E-state index contributed by atoms with van der Waals surface area (Å²) >= 11 is 0.00694. The molecule has 1 aliphatic rings. The van der Waals surface area contributed by atoms with E-state index in [2.05, 4.69) is 33.5 Å². The van der Waals surface area contributed by atoms with Gasteiger partial charge in [0.2, 0.25) is 0 Å². The molecule has 1 rings (SSSR count). The third kappa shape index (κ3) is 33.1. The third-order valence-corrected chi connectivity index (χ3v) is 7.47. The van der Waals surface area contributed by atoms with E-state index >= 15 is 0 Å². The van der Waals surface area contributed by atoms with Gasteiger partial charge >= 0.3 is 33.3 Å². The molecule has 5 nitrogen and oxygen atoms in total. The summed E-state index contributed by atoms with van der Waals surface area (Å²) in [4.78, 5) is 0. The number of halogens is 2. The molecule has 0 aromatic heterocycles. The fraction of sp³-hybridized carbons (Fsp3) is 1.00. The molecule has 231 valence electrons. The molecule has 0 aromatic rings. The van der Waals surface area contributed by atoms with Gasteiger partial charge < -0.3 is 26.6 Å². The first kappa shape index (κ1) is 38.9. The van der Waals surface area contributed by atoms with Crippen molar-refractivity contribution in [2.24, 2.45) is 0 Å². The zero-order valence-corrected chi connectivity index (χ0v) is 27.7. The molecule has 0 aromatic carbocycles. The summed E-state index contributed by atoms with van der Waals surface area (Å²) in [5.41, 5.74) is 0. The summed E-state index contributed by atoms with van der Waals surface area (Å²) in [6.07, 6.45) is 27.4. The average Bonchev–Trinajstić information content (AvgIpc) is 2.93. The zero-order valence-electron chi connectivity index (χ0n) is 25.0. The van der Waals surface area contributed by atoms with Crippen molar-refractivity contribution in [3.8, 4) is 0 Å². The van der Waals surface area contributed by atoms with Gasteiger partial charge in [-0.15, -0.1) is 0 Å². The first-order valence-corrected chi connectivity index (χ1v) is 19.5. The van der Waals surface area contributed by atoms with Crippen molar-refractivity contribution in [3.63, 3.8) is 0 Å². The fourth-order valence-electron chi connectivity index (χ4n) is 5.11. The molecule has 0 saturated carbocycles. The van der Waals surface area contributed by atoms with E-state index in [1.165, 1.54) is 122 Å². The van der Waals surface area contributed by atoms with E-state index in [0.29, 0.717) is 6.04 Å². The molecule has 0 radical (unpaired) electrons. The van der Waals surface area contributed by atoms with Crippen LogP contribution in [0, 0.1) is 0 Å². The Morgan fingerprint density at radius 3 is 1.18 bits per heavy atom. The Hall–Kier alpha value is 0.899. The minimum atomic E-state index is 0.00694. The number of nitrogens with one attached hydrogen (secondary N) is 5. The Bertz CT molecular complexity index is 408. The van der Waals surface area contributed by atoms with Crippen LogP contribution in [0.3, 0.4) is 0 Å². The van der Waals surface area contributed by atoms with Crippen molar-refractivity contribution in [1.82, 2.24) is 26.6 Å². The Morgan fingerprint density at radius 2 is 0.789 bits per heavy atom. The van der Waals surface area contributed by atoms with Crippen LogP contribution >= 0.6 is 20.2 Å². The SMILES string of the molecule is CCCCCCCCCCCCCCCCCCCCC1CNCCNCCNCCNCCN1.[Cl][Mn][Cl]. The van der Waals surface area contributed by atoms with Crippen LogP contribution in [-0.4, -0.2) is 64.9 Å². The van der Waals surface area contributed by atoms with Crippen molar-refractivity contribution in [1.29, 1.82) is 0 Å². The number of hydrogen-bond donors (Lipinski definition) is 5. The van der Waals surface area contributed by atoms with Crippen LogP contribution < -0.4 is 26.6 Å². The summed E-state index contributed by atoms with van der Waals surface area (Å²) in [6, 6.07) is 0.612. The second kappa shape index (κ2) is 35.9. The molecular formula is C30H65Cl2MnN5. The van der Waals surface area contributed by atoms with Gasteiger partial charge in [0.15, 0.2) is 0 Å². The predicted octanol–water partition coefficient (Wildman–Crippen LogP) is 7.12. The maximum absolute atomic E-state index is 4.80. The van der Waals surface area contributed by atoms with Crippen molar-refractivity contribution < 1.29 is 13.1 Å². The summed E-state index contributed by atoms with van der Waals surface area (Å²) < 4.78 is 0. The number of rotatable bonds is 19. The second-order valence-electron chi connectivity index (χ2n) is 11.0. The molecule has 0 bridgehead atoms. The van der Waals surface area contributed by atoms with Gasteiger partial charge in [0.1, 0.15) is 0 Å². The first-order valence-electron chi connectivity index (χ1n) is 16.3. The Balaban J connectivity index is 0.00000434. The van der Waals surface area contributed by atoms with Gasteiger partial charge in [0.05, 0.1) is 0 Å². The molecule has 5 N–H and O–H groups in total. The van der Waals surface area contributed by atoms with Gasteiger partial charge in [-0.2, -0.15) is 0 Å². The van der Waals surface area contributed by atoms with Gasteiger partial charge in [0, 0.05) is 64.9 Å². The van der Waals surface area contributed by atoms with E-state index in [1.807, 2.05) is 0 Å². The van der Waals surface area contributed by atoms with Gasteiger partial charge in [-0.1, -0.05) is 122 Å². The van der Waals surface area contributed by atoms with Crippen molar-refractivity contribution >= 4 is 20.2 Å². The molecule has 1 aliphatic heterocycles. The van der Waals surface area contributed by atoms with Crippen LogP contribution in [0.4, 0.5) is 0 Å². The minimum absolute atomic E-state index is 0.00694. The van der Waals surface area contributed by atoms with Gasteiger partial charge in [-0.3, -0.25) is 0 Å². The Morgan fingerprint density at radius 1 is 0.474 bits per heavy atom. The summed E-state index contributed by atoms with van der Waals surface area (Å²) in [7, 11) is 9.59. The van der Waals surface area contributed by atoms with Crippen LogP contribution in [0.5, 0.6) is 0 Å². The van der Waals surface area contributed by atoms with Crippen LogP contribution in [0.15, 0.2) is 0 Å². The van der Waals surface area contributed by atoms with Crippen LogP contribution in [0.25, 0.3) is 0 Å². The molecular weight excluding hydrogens is 556 g/mol. The molecule has 0 spiro atoms. The molecule has 38 heavy (non-hydrogen) atoms. The van der Waals surface area contributed by atoms with Gasteiger partial charge in [-0.05, 0) is 6.42 Å². The van der Waals surface area contributed by atoms with Crippen molar-refractivity contribution in [2.45, 2.75) is 135 Å². The van der Waals surface area contributed by atoms with E-state index in [9.17, 15) is 0 Å². The Labute approximate surface area is 252 Å². The van der Waals surface area contributed by atoms with Gasteiger partial charge in [-0.25, -0.2) is 0 Å². The molecule has 1 fully saturated rings. The standard InChI is InChI=1S/C30H65N5.2ClH.Mn/c1-2-3-4-5-6-7-8-9-10-11-12-13-14-15-16-17-18-19-20-30-29-34-26-25-32-22-21-31-23-24-33-27-28-35-30;;;/h30-35H,2-29H2,1H3;2*1H;/q;;;+2/p-2. The summed E-state index contributed by atoms with van der Waals surface area (Å²) in [6.45, 7) is 11.9.